The number of ether oxygens (including phenoxy) is 1. The van der Waals surface area contributed by atoms with Gasteiger partial charge in [-0.25, -0.2) is 4.39 Å². The van der Waals surface area contributed by atoms with Crippen LogP contribution in [0.3, 0.4) is 0 Å². The molecule has 1 N–H and O–H groups in total. The van der Waals surface area contributed by atoms with Gasteiger partial charge in [0.2, 0.25) is 0 Å². The van der Waals surface area contributed by atoms with Crippen molar-refractivity contribution in [3.63, 3.8) is 0 Å². The van der Waals surface area contributed by atoms with Gasteiger partial charge in [-0.15, -0.1) is 0 Å². The summed E-state index contributed by atoms with van der Waals surface area (Å²) in [5, 5.41) is 4.06. The average Bonchev–Trinajstić information content (AvgIpc) is 3.45. The Morgan fingerprint density at radius 2 is 1.82 bits per heavy atom. The molecule has 7 heteroatoms. The topological polar surface area (TPSA) is 50.5 Å². The molecule has 1 saturated heterocycles. The number of halogens is 1. The molecule has 0 saturated carbocycles. The van der Waals surface area contributed by atoms with E-state index in [9.17, 15) is 4.39 Å². The molecule has 166 valence electrons. The summed E-state index contributed by atoms with van der Waals surface area (Å²) in [5.41, 5.74) is 2.78. The van der Waals surface area contributed by atoms with E-state index in [1.807, 2.05) is 54.6 Å². The highest BCUT2D eigenvalue weighted by Gasteiger charge is 2.41. The molecule has 2 atom stereocenters. The van der Waals surface area contributed by atoms with E-state index in [0.29, 0.717) is 17.4 Å². The van der Waals surface area contributed by atoms with E-state index in [0.717, 1.165) is 28.3 Å². The number of nitrogens with zero attached hydrogens (tertiary/aromatic N) is 2. The fourth-order valence-corrected chi connectivity index (χ4v) is 4.40. The summed E-state index contributed by atoms with van der Waals surface area (Å²) in [6.07, 6.45) is 1.77. The summed E-state index contributed by atoms with van der Waals surface area (Å²) >= 11 is 5.74. The van der Waals surface area contributed by atoms with Crippen molar-refractivity contribution in [2.75, 3.05) is 7.11 Å². The third kappa shape index (κ3) is 4.32. The Morgan fingerprint density at radius 3 is 2.52 bits per heavy atom. The van der Waals surface area contributed by atoms with Crippen LogP contribution in [0, 0.1) is 5.82 Å². The van der Waals surface area contributed by atoms with E-state index in [-0.39, 0.29) is 17.9 Å². The summed E-state index contributed by atoms with van der Waals surface area (Å²) < 4.78 is 24.9. The number of methoxy groups -OCH3 is 1. The second-order valence-electron chi connectivity index (χ2n) is 7.81. The monoisotopic (exact) mass is 459 g/mol. The third-order valence-electron chi connectivity index (χ3n) is 5.76. The van der Waals surface area contributed by atoms with Crippen LogP contribution in [0.25, 0.3) is 11.3 Å². The first-order valence-corrected chi connectivity index (χ1v) is 11.0. The number of furan rings is 1. The molecule has 2 aromatic carbocycles. The molecular weight excluding hydrogens is 437 g/mol. The van der Waals surface area contributed by atoms with Crippen LogP contribution < -0.4 is 10.1 Å². The maximum absolute atomic E-state index is 13.4. The van der Waals surface area contributed by atoms with E-state index in [1.54, 1.807) is 25.4 Å². The largest absolute Gasteiger partial charge is 0.497 e. The molecule has 33 heavy (non-hydrogen) atoms. The zero-order chi connectivity index (χ0) is 22.8. The molecule has 0 unspecified atom stereocenters. The van der Waals surface area contributed by atoms with Gasteiger partial charge in [0.05, 0.1) is 18.8 Å². The highest BCUT2D eigenvalue weighted by Crippen LogP contribution is 2.41. The van der Waals surface area contributed by atoms with Crippen molar-refractivity contribution < 1.29 is 13.5 Å². The van der Waals surface area contributed by atoms with Crippen molar-refractivity contribution in [1.29, 1.82) is 0 Å². The van der Waals surface area contributed by atoms with Gasteiger partial charge in [-0.2, -0.15) is 0 Å². The lowest BCUT2D eigenvalue weighted by Crippen LogP contribution is -2.29. The molecule has 2 aromatic heterocycles. The Kier molecular flexibility index (Phi) is 5.79. The summed E-state index contributed by atoms with van der Waals surface area (Å²) in [5.74, 6) is 1.95. The predicted octanol–water partition coefficient (Wildman–Crippen LogP) is 5.66. The molecular formula is C26H22FN3O2S. The zero-order valence-electron chi connectivity index (χ0n) is 17.9. The van der Waals surface area contributed by atoms with Crippen LogP contribution in [0.5, 0.6) is 5.75 Å². The average molecular weight is 460 g/mol. The normalized spacial score (nSPS) is 17.8. The van der Waals surface area contributed by atoms with Crippen molar-refractivity contribution in [2.24, 2.45) is 0 Å². The Bertz CT molecular complexity index is 1240. The lowest BCUT2D eigenvalue weighted by atomic mass is 10.0. The van der Waals surface area contributed by atoms with E-state index in [1.165, 1.54) is 12.1 Å². The summed E-state index contributed by atoms with van der Waals surface area (Å²) in [4.78, 5) is 6.68. The molecule has 3 heterocycles. The van der Waals surface area contributed by atoms with Gasteiger partial charge in [-0.1, -0.05) is 18.2 Å². The lowest BCUT2D eigenvalue weighted by Gasteiger charge is -2.26. The maximum atomic E-state index is 13.4. The molecule has 5 rings (SSSR count). The predicted molar refractivity (Wildman–Crippen MR) is 128 cm³/mol. The quantitative estimate of drug-likeness (QED) is 0.376. The second kappa shape index (κ2) is 9.03. The van der Waals surface area contributed by atoms with Crippen molar-refractivity contribution in [2.45, 2.75) is 18.6 Å². The Morgan fingerprint density at radius 1 is 1.03 bits per heavy atom. The number of benzene rings is 2. The molecule has 4 aromatic rings. The molecule has 0 radical (unpaired) electrons. The summed E-state index contributed by atoms with van der Waals surface area (Å²) in [6, 6.07) is 23.5. The van der Waals surface area contributed by atoms with Crippen LogP contribution >= 0.6 is 12.2 Å². The summed E-state index contributed by atoms with van der Waals surface area (Å²) in [6.45, 7) is 0.594. The second-order valence-corrected chi connectivity index (χ2v) is 8.20. The van der Waals surface area contributed by atoms with Crippen molar-refractivity contribution in [3.05, 3.63) is 108 Å². The number of hydrogen-bond donors (Lipinski definition) is 1. The van der Waals surface area contributed by atoms with Crippen LogP contribution in [-0.2, 0) is 6.54 Å². The van der Waals surface area contributed by atoms with Gasteiger partial charge >= 0.3 is 0 Å². The molecule has 0 aliphatic carbocycles. The lowest BCUT2D eigenvalue weighted by molar-refractivity contribution is 0.269. The van der Waals surface area contributed by atoms with E-state index >= 15 is 0 Å². The van der Waals surface area contributed by atoms with Crippen LogP contribution in [0.4, 0.5) is 4.39 Å². The van der Waals surface area contributed by atoms with Crippen molar-refractivity contribution in [1.82, 2.24) is 15.2 Å². The zero-order valence-corrected chi connectivity index (χ0v) is 18.8. The Balaban J connectivity index is 1.51. The SMILES string of the molecule is COc1ccc(CN2C(=S)N[C@@H](c3ccccn3)[C@@H]2c2ccc(-c3ccc(F)cc3)o2)cc1. The fourth-order valence-electron chi connectivity index (χ4n) is 4.09. The van der Waals surface area contributed by atoms with Crippen molar-refractivity contribution >= 4 is 17.3 Å². The highest BCUT2D eigenvalue weighted by molar-refractivity contribution is 7.80. The van der Waals surface area contributed by atoms with Crippen LogP contribution in [-0.4, -0.2) is 22.1 Å². The summed E-state index contributed by atoms with van der Waals surface area (Å²) in [7, 11) is 1.65. The minimum atomic E-state index is -0.281. The minimum Gasteiger partial charge on any atom is -0.497 e. The van der Waals surface area contributed by atoms with Crippen molar-refractivity contribution in [3.8, 4) is 17.1 Å². The number of hydrogen-bond acceptors (Lipinski definition) is 4. The molecule has 0 amide bonds. The van der Waals surface area contributed by atoms with Gasteiger partial charge in [-0.05, 0) is 78.4 Å². The first kappa shape index (κ1) is 21.2. The Hall–Kier alpha value is -3.71. The van der Waals surface area contributed by atoms with Gasteiger partial charge in [0.15, 0.2) is 5.11 Å². The third-order valence-corrected chi connectivity index (χ3v) is 6.11. The number of thiocarbonyl (C=S) groups is 1. The highest BCUT2D eigenvalue weighted by atomic mass is 32.1. The standard InChI is InChI=1S/C26H22FN3O2S/c1-31-20-11-5-17(6-12-20)16-30-25(24(29-26(30)33)21-4-2-3-15-28-21)23-14-13-22(32-23)18-7-9-19(27)10-8-18/h2-15,24-25H,16H2,1H3,(H,29,33)/t24-,25-/m0/s1. The Labute approximate surface area is 196 Å². The van der Waals surface area contributed by atoms with Gasteiger partial charge in [0, 0.05) is 18.3 Å². The van der Waals surface area contributed by atoms with Gasteiger partial charge in [-0.3, -0.25) is 4.98 Å². The minimum absolute atomic E-state index is 0.177. The van der Waals surface area contributed by atoms with Gasteiger partial charge in [0.25, 0.3) is 0 Å². The van der Waals surface area contributed by atoms with E-state index in [4.69, 9.17) is 21.4 Å². The number of nitrogens with one attached hydrogen (secondary N) is 1. The van der Waals surface area contributed by atoms with E-state index in [2.05, 4.69) is 15.2 Å². The van der Waals surface area contributed by atoms with Gasteiger partial charge < -0.3 is 19.4 Å². The molecule has 0 bridgehead atoms. The van der Waals surface area contributed by atoms with Crippen LogP contribution in [0.2, 0.25) is 0 Å². The first-order valence-electron chi connectivity index (χ1n) is 10.6. The first-order chi connectivity index (χ1) is 16.1. The molecule has 1 fully saturated rings. The molecule has 5 nitrogen and oxygen atoms in total. The number of pyridine rings is 1. The fraction of sp³-hybridized carbons (Fsp3) is 0.154. The molecule has 1 aliphatic rings. The maximum Gasteiger partial charge on any atom is 0.170 e. The number of rotatable bonds is 6. The molecule has 1 aliphatic heterocycles. The number of aromatic nitrogens is 1. The van der Waals surface area contributed by atoms with Crippen LogP contribution in [0.1, 0.15) is 29.1 Å². The van der Waals surface area contributed by atoms with Crippen LogP contribution in [0.15, 0.2) is 89.5 Å². The smallest absolute Gasteiger partial charge is 0.170 e. The van der Waals surface area contributed by atoms with Gasteiger partial charge in [0.1, 0.15) is 29.1 Å². The molecule has 0 spiro atoms. The van der Waals surface area contributed by atoms with E-state index < -0.39 is 0 Å².